The molecule has 4 nitrogen and oxygen atoms in total. The Kier molecular flexibility index (Phi) is 7.30. The lowest BCUT2D eigenvalue weighted by Gasteiger charge is -2.28. The van der Waals surface area contributed by atoms with E-state index in [1.54, 1.807) is 16.2 Å². The molecule has 4 rings (SSSR count). The first-order chi connectivity index (χ1) is 15.8. The molecule has 2 aromatic carbocycles. The molecule has 0 bridgehead atoms. The summed E-state index contributed by atoms with van der Waals surface area (Å²) in [4.78, 5) is 15.4. The van der Waals surface area contributed by atoms with Gasteiger partial charge in [-0.25, -0.2) is 4.79 Å². The second-order valence-corrected chi connectivity index (χ2v) is 11.1. The van der Waals surface area contributed by atoms with Crippen molar-refractivity contribution < 1.29 is 14.3 Å². The summed E-state index contributed by atoms with van der Waals surface area (Å²) in [5.74, 6) is 0.819. The maximum Gasteiger partial charge on any atom is 0.410 e. The van der Waals surface area contributed by atoms with Crippen LogP contribution in [0.25, 0.3) is 10.4 Å². The third-order valence-electron chi connectivity index (χ3n) is 5.59. The van der Waals surface area contributed by atoms with Crippen LogP contribution in [0.1, 0.15) is 44.7 Å². The predicted octanol–water partition coefficient (Wildman–Crippen LogP) is 7.44. The Morgan fingerprint density at radius 2 is 1.70 bits per heavy atom. The van der Waals surface area contributed by atoms with E-state index < -0.39 is 5.60 Å². The molecule has 2 heterocycles. The van der Waals surface area contributed by atoms with Crippen molar-refractivity contribution in [2.45, 2.75) is 51.7 Å². The molecular formula is C27H30ClNO3S. The molecule has 0 N–H and O–H groups in total. The molecular weight excluding hydrogens is 454 g/mol. The minimum atomic E-state index is -0.487. The highest BCUT2D eigenvalue weighted by molar-refractivity contribution is 7.19. The van der Waals surface area contributed by atoms with Gasteiger partial charge >= 0.3 is 6.09 Å². The van der Waals surface area contributed by atoms with Crippen molar-refractivity contribution in [1.82, 2.24) is 4.90 Å². The molecule has 0 radical (unpaired) electrons. The molecule has 3 aromatic rings. The summed E-state index contributed by atoms with van der Waals surface area (Å²) < 4.78 is 12.4. The lowest BCUT2D eigenvalue weighted by atomic mass is 10.0. The minimum absolute atomic E-state index is 0.0521. The van der Waals surface area contributed by atoms with Crippen molar-refractivity contribution in [3.63, 3.8) is 0 Å². The zero-order valence-corrected chi connectivity index (χ0v) is 20.9. The van der Waals surface area contributed by atoms with Crippen molar-refractivity contribution in [3.05, 3.63) is 76.1 Å². The number of rotatable bonds is 6. The van der Waals surface area contributed by atoms with Gasteiger partial charge in [0, 0.05) is 11.4 Å². The summed E-state index contributed by atoms with van der Waals surface area (Å²) in [6.45, 7) is 6.87. The molecule has 0 saturated carbocycles. The topological polar surface area (TPSA) is 38.8 Å². The van der Waals surface area contributed by atoms with E-state index >= 15 is 0 Å². The van der Waals surface area contributed by atoms with Crippen LogP contribution in [0.5, 0.6) is 5.75 Å². The normalized spacial score (nSPS) is 16.1. The van der Waals surface area contributed by atoms with E-state index in [4.69, 9.17) is 21.1 Å². The van der Waals surface area contributed by atoms with Gasteiger partial charge in [-0.3, -0.25) is 0 Å². The van der Waals surface area contributed by atoms with Gasteiger partial charge in [0.05, 0.1) is 10.4 Å². The van der Waals surface area contributed by atoms with Crippen molar-refractivity contribution in [2.75, 3.05) is 13.2 Å². The molecule has 1 aromatic heterocycles. The van der Waals surface area contributed by atoms with E-state index in [9.17, 15) is 4.79 Å². The predicted molar refractivity (Wildman–Crippen MR) is 135 cm³/mol. The zero-order chi connectivity index (χ0) is 23.4. The van der Waals surface area contributed by atoms with Crippen LogP contribution in [0.3, 0.4) is 0 Å². The molecule has 1 saturated heterocycles. The zero-order valence-electron chi connectivity index (χ0n) is 19.3. The molecule has 1 fully saturated rings. The van der Waals surface area contributed by atoms with Crippen LogP contribution in [0.4, 0.5) is 4.79 Å². The molecule has 174 valence electrons. The fourth-order valence-electron chi connectivity index (χ4n) is 3.96. The van der Waals surface area contributed by atoms with Gasteiger partial charge in [-0.15, -0.1) is 11.3 Å². The molecule has 0 spiro atoms. The first-order valence-corrected chi connectivity index (χ1v) is 12.5. The Bertz CT molecular complexity index is 1070. The van der Waals surface area contributed by atoms with Crippen LogP contribution < -0.4 is 4.74 Å². The van der Waals surface area contributed by atoms with Crippen molar-refractivity contribution in [1.29, 1.82) is 0 Å². The summed E-state index contributed by atoms with van der Waals surface area (Å²) in [6.07, 6.45) is 2.52. The molecule has 1 aliphatic heterocycles. The quantitative estimate of drug-likeness (QED) is 0.365. The Morgan fingerprint density at radius 1 is 1.03 bits per heavy atom. The Balaban J connectivity index is 1.30. The molecule has 1 aliphatic rings. The van der Waals surface area contributed by atoms with Crippen LogP contribution in [0.15, 0.2) is 60.7 Å². The molecule has 1 atom stereocenters. The number of likely N-dealkylation sites (tertiary alicyclic amines) is 1. The average molecular weight is 484 g/mol. The van der Waals surface area contributed by atoms with Gasteiger partial charge in [0.1, 0.15) is 18.0 Å². The fourth-order valence-corrected chi connectivity index (χ4v) is 5.01. The second kappa shape index (κ2) is 10.2. The first-order valence-electron chi connectivity index (χ1n) is 11.3. The summed E-state index contributed by atoms with van der Waals surface area (Å²) in [5.41, 5.74) is 3.19. The number of benzene rings is 2. The van der Waals surface area contributed by atoms with Crippen LogP contribution >= 0.6 is 22.9 Å². The smallest absolute Gasteiger partial charge is 0.410 e. The summed E-state index contributed by atoms with van der Waals surface area (Å²) >= 11 is 7.64. The Labute approximate surface area is 205 Å². The van der Waals surface area contributed by atoms with Crippen LogP contribution in [0.2, 0.25) is 4.34 Å². The van der Waals surface area contributed by atoms with Crippen molar-refractivity contribution >= 4 is 29.0 Å². The van der Waals surface area contributed by atoms with E-state index in [0.717, 1.165) is 35.9 Å². The lowest BCUT2D eigenvalue weighted by Crippen LogP contribution is -2.42. The Morgan fingerprint density at radius 3 is 2.30 bits per heavy atom. The van der Waals surface area contributed by atoms with Gasteiger partial charge < -0.3 is 14.4 Å². The number of nitrogens with zero attached hydrogens (tertiary/aromatic N) is 1. The molecule has 6 heteroatoms. The maximum absolute atomic E-state index is 12.4. The molecule has 1 amide bonds. The van der Waals surface area contributed by atoms with E-state index in [1.165, 1.54) is 21.6 Å². The third kappa shape index (κ3) is 6.52. The minimum Gasteiger partial charge on any atom is -0.491 e. The van der Waals surface area contributed by atoms with Crippen LogP contribution in [-0.2, 0) is 11.2 Å². The molecule has 33 heavy (non-hydrogen) atoms. The van der Waals surface area contributed by atoms with Gasteiger partial charge in [0.15, 0.2) is 0 Å². The number of carbonyl (C=O) groups excluding carboxylic acids is 1. The number of halogens is 1. The third-order valence-corrected chi connectivity index (χ3v) is 6.87. The van der Waals surface area contributed by atoms with Gasteiger partial charge in [0.2, 0.25) is 0 Å². The summed E-state index contributed by atoms with van der Waals surface area (Å²) in [7, 11) is 0. The van der Waals surface area contributed by atoms with Crippen LogP contribution in [-0.4, -0.2) is 35.8 Å². The van der Waals surface area contributed by atoms with Gasteiger partial charge in [-0.05, 0) is 81.0 Å². The number of hydrogen-bond donors (Lipinski definition) is 0. The van der Waals surface area contributed by atoms with Crippen molar-refractivity contribution in [2.24, 2.45) is 0 Å². The van der Waals surface area contributed by atoms with Gasteiger partial charge in [0.25, 0.3) is 0 Å². The molecule has 0 unspecified atom stereocenters. The highest BCUT2D eigenvalue weighted by Gasteiger charge is 2.32. The van der Waals surface area contributed by atoms with E-state index in [2.05, 4.69) is 42.5 Å². The molecule has 0 aliphatic carbocycles. The second-order valence-electron chi connectivity index (χ2n) is 9.40. The summed E-state index contributed by atoms with van der Waals surface area (Å²) in [6, 6.07) is 20.9. The van der Waals surface area contributed by atoms with Gasteiger partial charge in [-0.1, -0.05) is 48.0 Å². The number of thiophene rings is 1. The SMILES string of the molecule is CC(C)(C)OC(=O)N1CCC[C@@H]1COc1ccc(Cc2ccc(-c3ccc(Cl)s3)cc2)cc1. The fraction of sp³-hybridized carbons (Fsp3) is 0.370. The number of carbonyl (C=O) groups is 1. The standard InChI is InChI=1S/C27H30ClNO3S/c1-27(2,3)32-26(30)29-16-4-5-22(29)18-31-23-12-8-20(9-13-23)17-19-6-10-21(11-7-19)24-14-15-25(28)33-24/h6-15,22H,4-5,16-18H2,1-3H3/t22-/m1/s1. The van der Waals surface area contributed by atoms with Gasteiger partial charge in [-0.2, -0.15) is 0 Å². The van der Waals surface area contributed by atoms with Crippen LogP contribution in [0, 0.1) is 0 Å². The van der Waals surface area contributed by atoms with E-state index in [1.807, 2.05) is 39.0 Å². The maximum atomic E-state index is 12.4. The first kappa shape index (κ1) is 23.7. The average Bonchev–Trinajstić information content (AvgIpc) is 3.42. The lowest BCUT2D eigenvalue weighted by molar-refractivity contribution is 0.0187. The Hall–Kier alpha value is -2.50. The number of hydrogen-bond acceptors (Lipinski definition) is 4. The highest BCUT2D eigenvalue weighted by Crippen LogP contribution is 2.31. The van der Waals surface area contributed by atoms with E-state index in [-0.39, 0.29) is 12.1 Å². The monoisotopic (exact) mass is 483 g/mol. The summed E-state index contributed by atoms with van der Waals surface area (Å²) in [5, 5.41) is 0. The largest absolute Gasteiger partial charge is 0.491 e. The van der Waals surface area contributed by atoms with Crippen molar-refractivity contribution in [3.8, 4) is 16.2 Å². The number of ether oxygens (including phenoxy) is 2. The van der Waals surface area contributed by atoms with E-state index in [0.29, 0.717) is 6.61 Å². The highest BCUT2D eigenvalue weighted by atomic mass is 35.5. The number of amides is 1.